The van der Waals surface area contributed by atoms with E-state index in [1.54, 1.807) is 0 Å². The normalized spacial score (nSPS) is 21.6. The van der Waals surface area contributed by atoms with Crippen LogP contribution in [0.1, 0.15) is 32.8 Å². The van der Waals surface area contributed by atoms with Crippen molar-refractivity contribution in [2.45, 2.75) is 45.3 Å². The molecule has 2 aliphatic rings. The zero-order valence-electron chi connectivity index (χ0n) is 13.1. The first-order chi connectivity index (χ1) is 9.94. The Balaban J connectivity index is 1.65. The Morgan fingerprint density at radius 2 is 2.00 bits per heavy atom. The van der Waals surface area contributed by atoms with Gasteiger partial charge in [-0.2, -0.15) is 0 Å². The number of nitrogens with zero attached hydrogens (tertiary/aromatic N) is 2. The average Bonchev–Trinajstić information content (AvgIpc) is 3.03. The van der Waals surface area contributed by atoms with Crippen LogP contribution in [0.25, 0.3) is 0 Å². The number of anilines is 1. The lowest BCUT2D eigenvalue weighted by Crippen LogP contribution is -2.40. The summed E-state index contributed by atoms with van der Waals surface area (Å²) in [6.45, 7) is 8.35. The lowest BCUT2D eigenvalue weighted by atomic mass is 10.1. The topological polar surface area (TPSA) is 32.8 Å². The van der Waals surface area contributed by atoms with Crippen molar-refractivity contribution >= 4 is 11.8 Å². The minimum absolute atomic E-state index is 0.183. The number of hydrogen-bond donors (Lipinski definition) is 0. The zero-order chi connectivity index (χ0) is 15.0. The van der Waals surface area contributed by atoms with Gasteiger partial charge < -0.3 is 14.5 Å². The summed E-state index contributed by atoms with van der Waals surface area (Å²) in [5.74, 6) is 0. The van der Waals surface area contributed by atoms with E-state index in [1.807, 2.05) is 25.7 Å². The largest absolute Gasteiger partial charge is 0.444 e. The van der Waals surface area contributed by atoms with E-state index >= 15 is 0 Å². The van der Waals surface area contributed by atoms with Crippen LogP contribution in [0.2, 0.25) is 0 Å². The SMILES string of the molecule is CC(C)(C)OC(=O)N1CC[C@H](N2CCc3ccccc32)C1. The Hall–Kier alpha value is -1.71. The van der Waals surface area contributed by atoms with Crippen LogP contribution in [-0.4, -0.2) is 42.3 Å². The first kappa shape index (κ1) is 14.2. The van der Waals surface area contributed by atoms with Gasteiger partial charge in [-0.15, -0.1) is 0 Å². The van der Waals surface area contributed by atoms with Crippen LogP contribution in [0.5, 0.6) is 0 Å². The van der Waals surface area contributed by atoms with E-state index in [1.165, 1.54) is 11.3 Å². The summed E-state index contributed by atoms with van der Waals surface area (Å²) in [5, 5.41) is 0. The Bertz CT molecular complexity index is 536. The molecule has 0 radical (unpaired) electrons. The van der Waals surface area contributed by atoms with E-state index in [0.717, 1.165) is 32.5 Å². The molecule has 4 heteroatoms. The smallest absolute Gasteiger partial charge is 0.410 e. The van der Waals surface area contributed by atoms with Crippen molar-refractivity contribution in [1.82, 2.24) is 4.90 Å². The van der Waals surface area contributed by atoms with Gasteiger partial charge in [-0.1, -0.05) is 18.2 Å². The minimum atomic E-state index is -0.421. The summed E-state index contributed by atoms with van der Waals surface area (Å²) in [7, 11) is 0. The second-order valence-electron chi connectivity index (χ2n) is 6.94. The zero-order valence-corrected chi connectivity index (χ0v) is 13.1. The van der Waals surface area contributed by atoms with Gasteiger partial charge in [0.05, 0.1) is 0 Å². The first-order valence-corrected chi connectivity index (χ1v) is 7.76. The van der Waals surface area contributed by atoms with Gasteiger partial charge in [0, 0.05) is 31.4 Å². The van der Waals surface area contributed by atoms with Crippen LogP contribution in [-0.2, 0) is 11.2 Å². The van der Waals surface area contributed by atoms with Gasteiger partial charge in [-0.05, 0) is 45.2 Å². The van der Waals surface area contributed by atoms with Crippen LogP contribution in [0, 0.1) is 0 Å². The summed E-state index contributed by atoms with van der Waals surface area (Å²) in [6, 6.07) is 9.01. The molecule has 114 valence electrons. The quantitative estimate of drug-likeness (QED) is 0.796. The second kappa shape index (κ2) is 5.24. The van der Waals surface area contributed by atoms with Crippen molar-refractivity contribution in [3.63, 3.8) is 0 Å². The van der Waals surface area contributed by atoms with E-state index in [-0.39, 0.29) is 6.09 Å². The van der Waals surface area contributed by atoms with Crippen LogP contribution < -0.4 is 4.90 Å². The van der Waals surface area contributed by atoms with Crippen LogP contribution in [0.4, 0.5) is 10.5 Å². The highest BCUT2D eigenvalue weighted by molar-refractivity contribution is 5.69. The molecule has 0 spiro atoms. The number of rotatable bonds is 1. The molecule has 1 saturated heterocycles. The Kier molecular flexibility index (Phi) is 3.56. The van der Waals surface area contributed by atoms with E-state index in [2.05, 4.69) is 29.2 Å². The third-order valence-corrected chi connectivity index (χ3v) is 4.18. The van der Waals surface area contributed by atoms with Gasteiger partial charge in [-0.3, -0.25) is 0 Å². The van der Waals surface area contributed by atoms with Crippen molar-refractivity contribution < 1.29 is 9.53 Å². The fraction of sp³-hybridized carbons (Fsp3) is 0.588. The lowest BCUT2D eigenvalue weighted by molar-refractivity contribution is 0.0292. The summed E-state index contributed by atoms with van der Waals surface area (Å²) in [5.41, 5.74) is 2.34. The number of likely N-dealkylation sites (tertiary alicyclic amines) is 1. The highest BCUT2D eigenvalue weighted by atomic mass is 16.6. The van der Waals surface area contributed by atoms with Gasteiger partial charge >= 0.3 is 6.09 Å². The average molecular weight is 288 g/mol. The fourth-order valence-electron chi connectivity index (χ4n) is 3.23. The monoisotopic (exact) mass is 288 g/mol. The molecule has 0 N–H and O–H groups in total. The first-order valence-electron chi connectivity index (χ1n) is 7.76. The number of amides is 1. The molecule has 0 unspecified atom stereocenters. The standard InChI is InChI=1S/C17H24N2O2/c1-17(2,3)21-16(20)18-10-9-14(12-18)19-11-8-13-6-4-5-7-15(13)19/h4-7,14H,8-12H2,1-3H3/t14-/m0/s1. The molecule has 0 bridgehead atoms. The number of carbonyl (C=O) groups excluding carboxylic acids is 1. The predicted octanol–water partition coefficient (Wildman–Crippen LogP) is 3.06. The molecule has 2 aliphatic heterocycles. The Labute approximate surface area is 126 Å². The molecule has 1 atom stereocenters. The maximum Gasteiger partial charge on any atom is 0.410 e. The maximum atomic E-state index is 12.2. The van der Waals surface area contributed by atoms with Gasteiger partial charge in [0.15, 0.2) is 0 Å². The molecule has 3 rings (SSSR count). The van der Waals surface area contributed by atoms with Crippen LogP contribution in [0.3, 0.4) is 0 Å². The molecule has 1 fully saturated rings. The van der Waals surface area contributed by atoms with Crippen LogP contribution >= 0.6 is 0 Å². The van der Waals surface area contributed by atoms with Gasteiger partial charge in [0.2, 0.25) is 0 Å². The fourth-order valence-corrected chi connectivity index (χ4v) is 3.23. The Morgan fingerprint density at radius 3 is 2.76 bits per heavy atom. The third kappa shape index (κ3) is 2.99. The third-order valence-electron chi connectivity index (χ3n) is 4.18. The molecule has 1 aromatic rings. The summed E-state index contributed by atoms with van der Waals surface area (Å²) >= 11 is 0. The number of hydrogen-bond acceptors (Lipinski definition) is 3. The molecule has 1 aromatic carbocycles. The van der Waals surface area contributed by atoms with Crippen molar-refractivity contribution in [3.05, 3.63) is 29.8 Å². The number of ether oxygens (including phenoxy) is 1. The lowest BCUT2D eigenvalue weighted by Gasteiger charge is -2.28. The van der Waals surface area contributed by atoms with E-state index in [9.17, 15) is 4.79 Å². The number of benzene rings is 1. The molecular weight excluding hydrogens is 264 g/mol. The molecule has 4 nitrogen and oxygen atoms in total. The number of carbonyl (C=O) groups is 1. The number of fused-ring (bicyclic) bond motifs is 1. The minimum Gasteiger partial charge on any atom is -0.444 e. The highest BCUT2D eigenvalue weighted by Crippen LogP contribution is 2.32. The van der Waals surface area contributed by atoms with Crippen molar-refractivity contribution in [2.24, 2.45) is 0 Å². The van der Waals surface area contributed by atoms with Gasteiger partial charge in [0.1, 0.15) is 5.60 Å². The van der Waals surface area contributed by atoms with Crippen molar-refractivity contribution in [2.75, 3.05) is 24.5 Å². The van der Waals surface area contributed by atoms with E-state index < -0.39 is 5.60 Å². The van der Waals surface area contributed by atoms with Crippen LogP contribution in [0.15, 0.2) is 24.3 Å². The second-order valence-corrected chi connectivity index (χ2v) is 6.94. The highest BCUT2D eigenvalue weighted by Gasteiger charge is 2.35. The molecule has 2 heterocycles. The van der Waals surface area contributed by atoms with Gasteiger partial charge in [-0.25, -0.2) is 4.79 Å². The van der Waals surface area contributed by atoms with Gasteiger partial charge in [0.25, 0.3) is 0 Å². The summed E-state index contributed by atoms with van der Waals surface area (Å²) in [6.07, 6.45) is 1.95. The molecule has 0 aromatic heterocycles. The molecule has 0 saturated carbocycles. The maximum absolute atomic E-state index is 12.2. The molecule has 0 aliphatic carbocycles. The summed E-state index contributed by atoms with van der Waals surface area (Å²) in [4.78, 5) is 16.5. The van der Waals surface area contributed by atoms with E-state index in [0.29, 0.717) is 6.04 Å². The molecular formula is C17H24N2O2. The molecule has 21 heavy (non-hydrogen) atoms. The van der Waals surface area contributed by atoms with E-state index in [4.69, 9.17) is 4.74 Å². The van der Waals surface area contributed by atoms with Crippen molar-refractivity contribution in [3.8, 4) is 0 Å². The predicted molar refractivity (Wildman–Crippen MR) is 83.7 cm³/mol. The summed E-state index contributed by atoms with van der Waals surface area (Å²) < 4.78 is 5.47. The molecule has 1 amide bonds. The Morgan fingerprint density at radius 1 is 1.24 bits per heavy atom. The number of para-hydroxylation sites is 1. The van der Waals surface area contributed by atoms with Crippen molar-refractivity contribution in [1.29, 1.82) is 0 Å².